The second-order valence-electron chi connectivity index (χ2n) is 4.35. The van der Waals surface area contributed by atoms with Crippen LogP contribution in [0.2, 0.25) is 0 Å². The van der Waals surface area contributed by atoms with Gasteiger partial charge in [-0.25, -0.2) is 4.79 Å². The molecule has 1 spiro atoms. The predicted octanol–water partition coefficient (Wildman–Crippen LogP) is 0.901. The molecule has 1 amide bonds. The molecule has 1 saturated heterocycles. The normalized spacial score (nSPS) is 38.8. The molecule has 13 heavy (non-hydrogen) atoms. The quantitative estimate of drug-likeness (QED) is 0.589. The Morgan fingerprint density at radius 2 is 2.23 bits per heavy atom. The third-order valence-corrected chi connectivity index (χ3v) is 3.39. The third-order valence-electron chi connectivity index (χ3n) is 3.39. The van der Waals surface area contributed by atoms with E-state index in [1.54, 1.807) is 0 Å². The van der Waals surface area contributed by atoms with Gasteiger partial charge in [0.2, 0.25) is 0 Å². The van der Waals surface area contributed by atoms with Crippen LogP contribution in [0, 0.1) is 5.41 Å². The van der Waals surface area contributed by atoms with Crippen molar-refractivity contribution in [2.75, 3.05) is 13.1 Å². The Morgan fingerprint density at radius 1 is 1.46 bits per heavy atom. The lowest BCUT2D eigenvalue weighted by molar-refractivity contribution is 0.140. The van der Waals surface area contributed by atoms with Crippen LogP contribution in [0.4, 0.5) is 4.79 Å². The first kappa shape index (κ1) is 8.81. The molecule has 0 aromatic rings. The molecule has 0 aromatic carbocycles. The molecule has 2 aliphatic rings. The largest absolute Gasteiger partial charge is 0.465 e. The molecule has 2 fully saturated rings. The fourth-order valence-corrected chi connectivity index (χ4v) is 2.65. The molecular formula is C9H15NO3. The minimum atomic E-state index is -0.821. The molecule has 0 bridgehead atoms. The van der Waals surface area contributed by atoms with Crippen molar-refractivity contribution < 1.29 is 15.0 Å². The van der Waals surface area contributed by atoms with E-state index >= 15 is 0 Å². The van der Waals surface area contributed by atoms with Gasteiger partial charge in [-0.3, -0.25) is 0 Å². The molecule has 1 saturated carbocycles. The van der Waals surface area contributed by atoms with Gasteiger partial charge in [0, 0.05) is 13.1 Å². The van der Waals surface area contributed by atoms with Gasteiger partial charge >= 0.3 is 6.09 Å². The number of hydrogen-bond donors (Lipinski definition) is 2. The molecule has 1 aliphatic heterocycles. The summed E-state index contributed by atoms with van der Waals surface area (Å²) in [5, 5.41) is 18.2. The van der Waals surface area contributed by atoms with E-state index in [0.29, 0.717) is 13.1 Å². The van der Waals surface area contributed by atoms with Crippen LogP contribution in [0.5, 0.6) is 0 Å². The number of hydrogen-bond acceptors (Lipinski definition) is 2. The van der Waals surface area contributed by atoms with E-state index in [0.717, 1.165) is 25.7 Å². The van der Waals surface area contributed by atoms with Crippen molar-refractivity contribution in [2.45, 2.75) is 31.8 Å². The van der Waals surface area contributed by atoms with Gasteiger partial charge in [0.25, 0.3) is 0 Å². The van der Waals surface area contributed by atoms with Gasteiger partial charge in [-0.15, -0.1) is 0 Å². The van der Waals surface area contributed by atoms with Crippen LogP contribution in [0.1, 0.15) is 25.7 Å². The average molecular weight is 185 g/mol. The van der Waals surface area contributed by atoms with Crippen molar-refractivity contribution in [1.29, 1.82) is 0 Å². The Balaban J connectivity index is 2.01. The van der Waals surface area contributed by atoms with Gasteiger partial charge in [0.15, 0.2) is 0 Å². The number of rotatable bonds is 0. The Labute approximate surface area is 77.2 Å². The molecule has 74 valence electrons. The molecule has 2 atom stereocenters. The molecule has 2 rings (SSSR count). The molecule has 4 heteroatoms. The zero-order valence-electron chi connectivity index (χ0n) is 7.57. The molecule has 1 heterocycles. The van der Waals surface area contributed by atoms with Crippen LogP contribution >= 0.6 is 0 Å². The van der Waals surface area contributed by atoms with E-state index in [1.807, 2.05) is 0 Å². The van der Waals surface area contributed by atoms with Crippen LogP contribution in [0.3, 0.4) is 0 Å². The first-order chi connectivity index (χ1) is 6.11. The maximum Gasteiger partial charge on any atom is 0.407 e. The summed E-state index contributed by atoms with van der Waals surface area (Å²) in [7, 11) is 0. The Morgan fingerprint density at radius 3 is 2.69 bits per heavy atom. The SMILES string of the molecule is O=C(O)N1CCC2(CCC(O)C2)C1. The topological polar surface area (TPSA) is 60.8 Å². The van der Waals surface area contributed by atoms with E-state index in [-0.39, 0.29) is 11.5 Å². The summed E-state index contributed by atoms with van der Waals surface area (Å²) in [6.07, 6.45) is 2.52. The summed E-state index contributed by atoms with van der Waals surface area (Å²) in [5.74, 6) is 0. The van der Waals surface area contributed by atoms with Gasteiger partial charge in [0.1, 0.15) is 0 Å². The summed E-state index contributed by atoms with van der Waals surface area (Å²) in [6.45, 7) is 1.27. The van der Waals surface area contributed by atoms with E-state index in [2.05, 4.69) is 0 Å². The highest BCUT2D eigenvalue weighted by Gasteiger charge is 2.44. The average Bonchev–Trinajstić information content (AvgIpc) is 2.61. The molecule has 1 aliphatic carbocycles. The maximum atomic E-state index is 10.7. The summed E-state index contributed by atoms with van der Waals surface area (Å²) < 4.78 is 0. The van der Waals surface area contributed by atoms with Gasteiger partial charge < -0.3 is 15.1 Å². The molecule has 0 radical (unpaired) electrons. The lowest BCUT2D eigenvalue weighted by atomic mass is 9.85. The standard InChI is InChI=1S/C9H15NO3/c11-7-1-2-9(5-7)3-4-10(6-9)8(12)13/h7,11H,1-6H2,(H,12,13). The number of carbonyl (C=O) groups is 1. The summed E-state index contributed by atoms with van der Waals surface area (Å²) >= 11 is 0. The van der Waals surface area contributed by atoms with E-state index in [9.17, 15) is 9.90 Å². The Bertz CT molecular complexity index is 231. The lowest BCUT2D eigenvalue weighted by Crippen LogP contribution is -2.30. The fourth-order valence-electron chi connectivity index (χ4n) is 2.65. The highest BCUT2D eigenvalue weighted by molar-refractivity contribution is 5.65. The van der Waals surface area contributed by atoms with Gasteiger partial charge in [-0.1, -0.05) is 0 Å². The van der Waals surface area contributed by atoms with Crippen molar-refractivity contribution in [2.24, 2.45) is 5.41 Å². The summed E-state index contributed by atoms with van der Waals surface area (Å²) in [4.78, 5) is 12.2. The van der Waals surface area contributed by atoms with Crippen molar-refractivity contribution in [3.8, 4) is 0 Å². The van der Waals surface area contributed by atoms with Crippen LogP contribution in [0.15, 0.2) is 0 Å². The highest BCUT2D eigenvalue weighted by atomic mass is 16.4. The monoisotopic (exact) mass is 185 g/mol. The number of carboxylic acid groups (broad SMARTS) is 1. The van der Waals surface area contributed by atoms with Crippen LogP contribution in [-0.4, -0.2) is 40.4 Å². The minimum absolute atomic E-state index is 0.109. The van der Waals surface area contributed by atoms with E-state index in [1.165, 1.54) is 4.90 Å². The van der Waals surface area contributed by atoms with E-state index < -0.39 is 6.09 Å². The molecule has 2 unspecified atom stereocenters. The number of aliphatic hydroxyl groups excluding tert-OH is 1. The van der Waals surface area contributed by atoms with Crippen LogP contribution in [-0.2, 0) is 0 Å². The smallest absolute Gasteiger partial charge is 0.407 e. The Kier molecular flexibility index (Phi) is 1.95. The highest BCUT2D eigenvalue weighted by Crippen LogP contribution is 2.45. The second-order valence-corrected chi connectivity index (χ2v) is 4.35. The van der Waals surface area contributed by atoms with E-state index in [4.69, 9.17) is 5.11 Å². The molecule has 2 N–H and O–H groups in total. The number of nitrogens with zero attached hydrogens (tertiary/aromatic N) is 1. The molecular weight excluding hydrogens is 170 g/mol. The number of likely N-dealkylation sites (tertiary alicyclic amines) is 1. The zero-order chi connectivity index (χ0) is 9.47. The molecule has 4 nitrogen and oxygen atoms in total. The van der Waals surface area contributed by atoms with Crippen molar-refractivity contribution in [3.63, 3.8) is 0 Å². The van der Waals surface area contributed by atoms with Crippen molar-refractivity contribution >= 4 is 6.09 Å². The summed E-state index contributed by atoms with van der Waals surface area (Å²) in [5.41, 5.74) is 0.109. The first-order valence-corrected chi connectivity index (χ1v) is 4.77. The fraction of sp³-hybridized carbons (Fsp3) is 0.889. The second kappa shape index (κ2) is 2.87. The zero-order valence-corrected chi connectivity index (χ0v) is 7.57. The van der Waals surface area contributed by atoms with Crippen LogP contribution < -0.4 is 0 Å². The third kappa shape index (κ3) is 1.50. The van der Waals surface area contributed by atoms with Gasteiger partial charge in [-0.2, -0.15) is 0 Å². The summed E-state index contributed by atoms with van der Waals surface area (Å²) in [6, 6.07) is 0. The van der Waals surface area contributed by atoms with Crippen LogP contribution in [0.25, 0.3) is 0 Å². The van der Waals surface area contributed by atoms with Crippen molar-refractivity contribution in [3.05, 3.63) is 0 Å². The first-order valence-electron chi connectivity index (χ1n) is 4.77. The van der Waals surface area contributed by atoms with Gasteiger partial charge in [-0.05, 0) is 31.1 Å². The Hall–Kier alpha value is -0.770. The lowest BCUT2D eigenvalue weighted by Gasteiger charge is -2.22. The van der Waals surface area contributed by atoms with Crippen molar-refractivity contribution in [1.82, 2.24) is 4.90 Å². The predicted molar refractivity (Wildman–Crippen MR) is 46.5 cm³/mol. The molecule has 0 aromatic heterocycles. The number of amides is 1. The number of aliphatic hydroxyl groups is 1. The van der Waals surface area contributed by atoms with Gasteiger partial charge in [0.05, 0.1) is 6.10 Å². The maximum absolute atomic E-state index is 10.7. The minimum Gasteiger partial charge on any atom is -0.465 e.